The largest absolute Gasteiger partial charge is 0.468 e. The van der Waals surface area contributed by atoms with Gasteiger partial charge in [0.1, 0.15) is 10.6 Å². The van der Waals surface area contributed by atoms with Crippen molar-refractivity contribution < 1.29 is 9.53 Å². The Morgan fingerprint density at radius 3 is 2.20 bits per heavy atom. The molecule has 0 aromatic rings. The number of carbonyl (C=O) groups excluding carboxylic acids is 1. The first-order valence-electron chi connectivity index (χ1n) is 4.66. The topological polar surface area (TPSA) is 51.0 Å². The van der Waals surface area contributed by atoms with E-state index in [4.69, 9.17) is 16.3 Å². The molecule has 0 aliphatic carbocycles. The second-order valence-corrected chi connectivity index (χ2v) is 3.62. The number of hydrogen-bond acceptors (Lipinski definition) is 4. The van der Waals surface area contributed by atoms with E-state index in [0.29, 0.717) is 12.1 Å². The number of ether oxygens (including phenoxy) is 1. The van der Waals surface area contributed by atoms with Crippen LogP contribution in [0.25, 0.3) is 0 Å². The van der Waals surface area contributed by atoms with Crippen molar-refractivity contribution in [1.29, 1.82) is 0 Å². The van der Waals surface area contributed by atoms with Crippen LogP contribution in [0.15, 0.2) is 9.98 Å². The van der Waals surface area contributed by atoms with Crippen LogP contribution in [0.1, 0.15) is 20.3 Å². The van der Waals surface area contributed by atoms with Gasteiger partial charge >= 0.3 is 5.97 Å². The summed E-state index contributed by atoms with van der Waals surface area (Å²) in [5, 5.41) is 0.243. The van der Waals surface area contributed by atoms with Gasteiger partial charge in [0.15, 0.2) is 0 Å². The number of halogens is 1. The van der Waals surface area contributed by atoms with Crippen molar-refractivity contribution in [3.63, 3.8) is 0 Å². The van der Waals surface area contributed by atoms with E-state index in [1.807, 2.05) is 6.92 Å². The van der Waals surface area contributed by atoms with Crippen LogP contribution >= 0.6 is 11.6 Å². The smallest absolute Gasteiger partial charge is 0.317 e. The molecule has 86 valence electrons. The maximum absolute atomic E-state index is 11.7. The van der Waals surface area contributed by atoms with Crippen molar-refractivity contribution in [3.8, 4) is 0 Å². The van der Waals surface area contributed by atoms with Crippen molar-refractivity contribution in [1.82, 2.24) is 0 Å². The second-order valence-electron chi connectivity index (χ2n) is 3.26. The van der Waals surface area contributed by atoms with E-state index in [0.717, 1.165) is 0 Å². The van der Waals surface area contributed by atoms with E-state index in [2.05, 4.69) is 9.98 Å². The van der Waals surface area contributed by atoms with Gasteiger partial charge in [0, 0.05) is 14.1 Å². The summed E-state index contributed by atoms with van der Waals surface area (Å²) in [6, 6.07) is 0. The summed E-state index contributed by atoms with van der Waals surface area (Å²) in [6.07, 6.45) is 0.554. The Bertz CT molecular complexity index is 300. The zero-order valence-electron chi connectivity index (χ0n) is 9.80. The van der Waals surface area contributed by atoms with Crippen LogP contribution in [0.2, 0.25) is 0 Å². The highest BCUT2D eigenvalue weighted by atomic mass is 35.5. The number of nitrogens with zero attached hydrogens (tertiary/aromatic N) is 2. The van der Waals surface area contributed by atoms with Crippen molar-refractivity contribution in [3.05, 3.63) is 0 Å². The lowest BCUT2D eigenvalue weighted by Crippen LogP contribution is -2.40. The summed E-state index contributed by atoms with van der Waals surface area (Å²) in [5.41, 5.74) is -0.374. The minimum atomic E-state index is -0.833. The summed E-state index contributed by atoms with van der Waals surface area (Å²) in [7, 11) is 4.49. The van der Waals surface area contributed by atoms with Crippen molar-refractivity contribution in [2.75, 3.05) is 21.2 Å². The first-order chi connectivity index (χ1) is 6.97. The molecule has 0 amide bonds. The monoisotopic (exact) mass is 232 g/mol. The summed E-state index contributed by atoms with van der Waals surface area (Å²) in [4.78, 5) is 19.5. The van der Waals surface area contributed by atoms with Gasteiger partial charge in [-0.25, -0.2) is 0 Å². The molecule has 15 heavy (non-hydrogen) atoms. The van der Waals surface area contributed by atoms with E-state index in [1.54, 1.807) is 21.0 Å². The van der Waals surface area contributed by atoms with Gasteiger partial charge in [-0.15, -0.1) is 0 Å². The van der Waals surface area contributed by atoms with Crippen LogP contribution < -0.4 is 0 Å². The molecule has 0 saturated heterocycles. The van der Waals surface area contributed by atoms with E-state index >= 15 is 0 Å². The molecular weight excluding hydrogens is 216 g/mol. The number of carbonyl (C=O) groups is 1. The van der Waals surface area contributed by atoms with Crippen molar-refractivity contribution in [2.24, 2.45) is 15.4 Å². The van der Waals surface area contributed by atoms with Gasteiger partial charge in [0.05, 0.1) is 12.8 Å². The number of rotatable bonds is 4. The molecule has 0 spiro atoms. The second kappa shape index (κ2) is 5.85. The minimum absolute atomic E-state index is 0.243. The average molecular weight is 233 g/mol. The first kappa shape index (κ1) is 14.1. The van der Waals surface area contributed by atoms with Gasteiger partial charge in [0.25, 0.3) is 0 Å². The third kappa shape index (κ3) is 2.78. The van der Waals surface area contributed by atoms with E-state index in [9.17, 15) is 4.79 Å². The van der Waals surface area contributed by atoms with Gasteiger partial charge in [-0.1, -0.05) is 18.5 Å². The zero-order chi connectivity index (χ0) is 12.1. The van der Waals surface area contributed by atoms with E-state index in [-0.39, 0.29) is 11.1 Å². The Kier molecular flexibility index (Phi) is 5.50. The Balaban J connectivity index is 5.36. The van der Waals surface area contributed by atoms with Gasteiger partial charge < -0.3 is 4.74 Å². The number of hydrogen-bond donors (Lipinski definition) is 0. The lowest BCUT2D eigenvalue weighted by molar-refractivity contribution is -0.147. The molecule has 0 heterocycles. The Labute approximate surface area is 95.4 Å². The predicted molar refractivity (Wildman–Crippen MR) is 63.0 cm³/mol. The molecule has 0 fully saturated rings. The molecule has 0 aromatic carbocycles. The fraction of sp³-hybridized carbons (Fsp3) is 0.700. The molecule has 1 atom stereocenters. The minimum Gasteiger partial charge on any atom is -0.468 e. The summed E-state index contributed by atoms with van der Waals surface area (Å²) >= 11 is 5.91. The Morgan fingerprint density at radius 2 is 1.93 bits per heavy atom. The number of aliphatic imine (C=N–C) groups is 2. The third-order valence-corrected chi connectivity index (χ3v) is 2.83. The summed E-state index contributed by atoms with van der Waals surface area (Å²) in [6.45, 7) is 3.62. The number of esters is 1. The van der Waals surface area contributed by atoms with Crippen LogP contribution in [0, 0.1) is 5.41 Å². The fourth-order valence-electron chi connectivity index (χ4n) is 1.31. The maximum atomic E-state index is 11.7. The van der Waals surface area contributed by atoms with Crippen molar-refractivity contribution >= 4 is 28.5 Å². The van der Waals surface area contributed by atoms with Gasteiger partial charge in [-0.2, -0.15) is 0 Å². The molecule has 0 bridgehead atoms. The average Bonchev–Trinajstić information content (AvgIpc) is 2.27. The van der Waals surface area contributed by atoms with E-state index < -0.39 is 5.41 Å². The quantitative estimate of drug-likeness (QED) is 0.549. The highest BCUT2D eigenvalue weighted by Crippen LogP contribution is 2.26. The fourth-order valence-corrected chi connectivity index (χ4v) is 1.60. The zero-order valence-corrected chi connectivity index (χ0v) is 10.6. The molecule has 0 aliphatic rings. The lowest BCUT2D eigenvalue weighted by Gasteiger charge is -2.25. The molecule has 0 radical (unpaired) electrons. The highest BCUT2D eigenvalue weighted by molar-refractivity contribution is 6.85. The van der Waals surface area contributed by atoms with E-state index in [1.165, 1.54) is 7.11 Å². The highest BCUT2D eigenvalue weighted by Gasteiger charge is 2.39. The summed E-state index contributed by atoms with van der Waals surface area (Å²) in [5.74, 6) is -0.354. The molecule has 1 unspecified atom stereocenters. The molecule has 0 aromatic heterocycles. The van der Waals surface area contributed by atoms with Crippen LogP contribution in [0.3, 0.4) is 0 Å². The normalized spacial score (nSPS) is 17.2. The Morgan fingerprint density at radius 1 is 1.40 bits per heavy atom. The maximum Gasteiger partial charge on any atom is 0.317 e. The predicted octanol–water partition coefficient (Wildman–Crippen LogP) is 1.91. The standard InChI is InChI=1S/C10H17ClN2O2/c1-6-10(2,9(14)15-5)7(12-3)8(11)13-4/h6H2,1-5H3. The molecule has 0 rings (SSSR count). The summed E-state index contributed by atoms with van der Waals surface area (Å²) < 4.78 is 4.75. The molecule has 5 heteroatoms. The number of methoxy groups -OCH3 is 1. The first-order valence-corrected chi connectivity index (χ1v) is 5.04. The SMILES string of the molecule is CCC(C)(C(=O)OC)C(=NC)C(Cl)=NC. The van der Waals surface area contributed by atoms with Gasteiger partial charge in [-0.05, 0) is 13.3 Å². The Hall–Kier alpha value is -0.900. The molecule has 4 nitrogen and oxygen atoms in total. The van der Waals surface area contributed by atoms with Crippen LogP contribution in [0.4, 0.5) is 0 Å². The molecule has 0 N–H and O–H groups in total. The molecule has 0 saturated carbocycles. The third-order valence-electron chi connectivity index (χ3n) is 2.48. The van der Waals surface area contributed by atoms with Gasteiger partial charge in [0.2, 0.25) is 0 Å². The van der Waals surface area contributed by atoms with Gasteiger partial charge in [-0.3, -0.25) is 14.8 Å². The van der Waals surface area contributed by atoms with Crippen LogP contribution in [-0.4, -0.2) is 38.1 Å². The van der Waals surface area contributed by atoms with Crippen molar-refractivity contribution in [2.45, 2.75) is 20.3 Å². The lowest BCUT2D eigenvalue weighted by atomic mass is 9.82. The van der Waals surface area contributed by atoms with Crippen LogP contribution in [-0.2, 0) is 9.53 Å². The molecule has 0 aliphatic heterocycles. The van der Waals surface area contributed by atoms with Crippen LogP contribution in [0.5, 0.6) is 0 Å². The molecular formula is C10H17ClN2O2.